The first-order chi connectivity index (χ1) is 9.38. The highest BCUT2D eigenvalue weighted by atomic mass is 32.2. The Morgan fingerprint density at radius 3 is 2.55 bits per heavy atom. The molecule has 0 spiro atoms. The second-order valence-electron chi connectivity index (χ2n) is 5.12. The quantitative estimate of drug-likeness (QED) is 0.763. The monoisotopic (exact) mass is 302 g/mol. The Kier molecular flexibility index (Phi) is 6.16. The molecule has 7 heteroatoms. The SMILES string of the molecule is CCC(C)CN(CC)S(=O)(=O)c1c(CNC)n[nH]c1C. The lowest BCUT2D eigenvalue weighted by molar-refractivity contribution is 0.361. The molecule has 1 unspecified atom stereocenters. The fourth-order valence-electron chi connectivity index (χ4n) is 2.10. The molecule has 0 aromatic carbocycles. The van der Waals surface area contributed by atoms with Crippen LogP contribution in [0, 0.1) is 12.8 Å². The molecule has 116 valence electrons. The minimum atomic E-state index is -3.50. The van der Waals surface area contributed by atoms with Crippen molar-refractivity contribution in [1.82, 2.24) is 19.8 Å². The summed E-state index contributed by atoms with van der Waals surface area (Å²) in [7, 11) is -1.72. The van der Waals surface area contributed by atoms with E-state index in [0.29, 0.717) is 41.8 Å². The van der Waals surface area contributed by atoms with Gasteiger partial charge in [0.05, 0.1) is 11.4 Å². The van der Waals surface area contributed by atoms with Crippen LogP contribution < -0.4 is 5.32 Å². The summed E-state index contributed by atoms with van der Waals surface area (Å²) in [6.45, 7) is 9.19. The van der Waals surface area contributed by atoms with E-state index in [1.54, 1.807) is 14.0 Å². The third-order valence-electron chi connectivity index (χ3n) is 3.47. The van der Waals surface area contributed by atoms with Crippen molar-refractivity contribution < 1.29 is 8.42 Å². The molecule has 0 radical (unpaired) electrons. The number of rotatable bonds is 8. The molecule has 0 amide bonds. The minimum absolute atomic E-state index is 0.317. The first-order valence-corrected chi connectivity index (χ1v) is 8.50. The Hall–Kier alpha value is -0.920. The van der Waals surface area contributed by atoms with Gasteiger partial charge in [-0.25, -0.2) is 8.42 Å². The molecule has 2 N–H and O–H groups in total. The number of aromatic amines is 1. The second kappa shape index (κ2) is 7.19. The summed E-state index contributed by atoms with van der Waals surface area (Å²) in [6.07, 6.45) is 0.958. The molecule has 0 aliphatic heterocycles. The van der Waals surface area contributed by atoms with E-state index in [-0.39, 0.29) is 0 Å². The first kappa shape index (κ1) is 17.1. The standard InChI is InChI=1S/C13H26N4O2S/c1-6-10(3)9-17(7-2)20(18,19)13-11(4)15-16-12(13)8-14-5/h10,14H,6-9H2,1-5H3,(H,15,16). The van der Waals surface area contributed by atoms with Crippen molar-refractivity contribution in [1.29, 1.82) is 0 Å². The molecule has 0 fully saturated rings. The fraction of sp³-hybridized carbons (Fsp3) is 0.769. The van der Waals surface area contributed by atoms with Gasteiger partial charge in [0, 0.05) is 19.6 Å². The van der Waals surface area contributed by atoms with Crippen molar-refractivity contribution in [2.75, 3.05) is 20.1 Å². The molecule has 0 saturated heterocycles. The summed E-state index contributed by atoms with van der Waals surface area (Å²) in [5, 5.41) is 9.83. The third kappa shape index (κ3) is 3.59. The average molecular weight is 302 g/mol. The van der Waals surface area contributed by atoms with Gasteiger partial charge in [0.1, 0.15) is 4.90 Å². The van der Waals surface area contributed by atoms with Crippen LogP contribution in [0.15, 0.2) is 4.90 Å². The maximum absolute atomic E-state index is 12.8. The van der Waals surface area contributed by atoms with Gasteiger partial charge in [-0.05, 0) is 19.9 Å². The van der Waals surface area contributed by atoms with Crippen LogP contribution in [0.3, 0.4) is 0 Å². The highest BCUT2D eigenvalue weighted by molar-refractivity contribution is 7.89. The van der Waals surface area contributed by atoms with Gasteiger partial charge < -0.3 is 5.32 Å². The highest BCUT2D eigenvalue weighted by Crippen LogP contribution is 2.23. The third-order valence-corrected chi connectivity index (χ3v) is 5.61. The number of hydrogen-bond acceptors (Lipinski definition) is 4. The zero-order valence-corrected chi connectivity index (χ0v) is 13.8. The predicted octanol–water partition coefficient (Wildman–Crippen LogP) is 1.49. The smallest absolute Gasteiger partial charge is 0.246 e. The van der Waals surface area contributed by atoms with Gasteiger partial charge in [0.15, 0.2) is 0 Å². The van der Waals surface area contributed by atoms with Crippen LogP contribution in [-0.4, -0.2) is 43.1 Å². The van der Waals surface area contributed by atoms with Gasteiger partial charge in [0.2, 0.25) is 10.0 Å². The van der Waals surface area contributed by atoms with E-state index < -0.39 is 10.0 Å². The van der Waals surface area contributed by atoms with E-state index in [1.165, 1.54) is 4.31 Å². The van der Waals surface area contributed by atoms with E-state index >= 15 is 0 Å². The van der Waals surface area contributed by atoms with E-state index in [2.05, 4.69) is 29.4 Å². The molecule has 6 nitrogen and oxygen atoms in total. The van der Waals surface area contributed by atoms with Crippen LogP contribution in [0.2, 0.25) is 0 Å². The lowest BCUT2D eigenvalue weighted by Crippen LogP contribution is -2.35. The van der Waals surface area contributed by atoms with Crippen LogP contribution >= 0.6 is 0 Å². The van der Waals surface area contributed by atoms with Gasteiger partial charge in [-0.1, -0.05) is 27.2 Å². The lowest BCUT2D eigenvalue weighted by Gasteiger charge is -2.23. The van der Waals surface area contributed by atoms with Crippen molar-refractivity contribution in [3.8, 4) is 0 Å². The van der Waals surface area contributed by atoms with E-state index in [9.17, 15) is 8.42 Å². The molecule has 0 aliphatic carbocycles. The zero-order chi connectivity index (χ0) is 15.3. The minimum Gasteiger partial charge on any atom is -0.314 e. The van der Waals surface area contributed by atoms with Crippen molar-refractivity contribution in [3.05, 3.63) is 11.4 Å². The van der Waals surface area contributed by atoms with E-state index in [1.807, 2.05) is 6.92 Å². The molecule has 20 heavy (non-hydrogen) atoms. The van der Waals surface area contributed by atoms with Crippen LogP contribution in [0.25, 0.3) is 0 Å². The van der Waals surface area contributed by atoms with E-state index in [4.69, 9.17) is 0 Å². The maximum Gasteiger partial charge on any atom is 0.246 e. The van der Waals surface area contributed by atoms with Gasteiger partial charge in [-0.3, -0.25) is 5.10 Å². The number of nitrogens with zero attached hydrogens (tertiary/aromatic N) is 2. The molecular weight excluding hydrogens is 276 g/mol. The molecular formula is C13H26N4O2S. The number of aryl methyl sites for hydroxylation is 1. The largest absolute Gasteiger partial charge is 0.314 e. The first-order valence-electron chi connectivity index (χ1n) is 7.06. The Balaban J connectivity index is 3.17. The Morgan fingerprint density at radius 1 is 1.40 bits per heavy atom. The summed E-state index contributed by atoms with van der Waals surface area (Å²) < 4.78 is 27.2. The fourth-order valence-corrected chi connectivity index (χ4v) is 4.00. The maximum atomic E-state index is 12.8. The van der Waals surface area contributed by atoms with Gasteiger partial charge >= 0.3 is 0 Å². The number of H-pyrrole nitrogens is 1. The predicted molar refractivity (Wildman–Crippen MR) is 80.0 cm³/mol. The number of hydrogen-bond donors (Lipinski definition) is 2. The van der Waals surface area contributed by atoms with Crippen molar-refractivity contribution in [2.45, 2.75) is 45.6 Å². The number of sulfonamides is 1. The molecule has 1 rings (SSSR count). The van der Waals surface area contributed by atoms with Crippen LogP contribution in [-0.2, 0) is 16.6 Å². The number of nitrogens with one attached hydrogen (secondary N) is 2. The molecule has 1 aromatic heterocycles. The lowest BCUT2D eigenvalue weighted by atomic mass is 10.1. The van der Waals surface area contributed by atoms with Gasteiger partial charge in [-0.15, -0.1) is 0 Å². The normalized spacial score (nSPS) is 13.9. The highest BCUT2D eigenvalue weighted by Gasteiger charge is 2.30. The summed E-state index contributed by atoms with van der Waals surface area (Å²) >= 11 is 0. The van der Waals surface area contributed by atoms with Crippen molar-refractivity contribution in [3.63, 3.8) is 0 Å². The summed E-state index contributed by atoms with van der Waals surface area (Å²) in [6, 6.07) is 0. The summed E-state index contributed by atoms with van der Waals surface area (Å²) in [5.74, 6) is 0.338. The van der Waals surface area contributed by atoms with E-state index in [0.717, 1.165) is 6.42 Å². The molecule has 1 aromatic rings. The van der Waals surface area contributed by atoms with Gasteiger partial charge in [-0.2, -0.15) is 9.40 Å². The molecule has 0 aliphatic rings. The molecule has 0 bridgehead atoms. The van der Waals surface area contributed by atoms with Crippen molar-refractivity contribution in [2.24, 2.45) is 5.92 Å². The Labute approximate surface area is 122 Å². The van der Waals surface area contributed by atoms with Crippen LogP contribution in [0.4, 0.5) is 0 Å². The van der Waals surface area contributed by atoms with Gasteiger partial charge in [0.25, 0.3) is 0 Å². The second-order valence-corrected chi connectivity index (χ2v) is 7.00. The molecule has 0 saturated carbocycles. The summed E-state index contributed by atoms with van der Waals surface area (Å²) in [5.41, 5.74) is 1.14. The number of aromatic nitrogens is 2. The van der Waals surface area contributed by atoms with Crippen LogP contribution in [0.5, 0.6) is 0 Å². The zero-order valence-electron chi connectivity index (χ0n) is 13.0. The molecule has 1 atom stereocenters. The molecule has 1 heterocycles. The Bertz CT molecular complexity index is 524. The van der Waals surface area contributed by atoms with Crippen molar-refractivity contribution >= 4 is 10.0 Å². The van der Waals surface area contributed by atoms with Crippen LogP contribution in [0.1, 0.15) is 38.6 Å². The summed E-state index contributed by atoms with van der Waals surface area (Å²) in [4.78, 5) is 0.317. The average Bonchev–Trinajstić information content (AvgIpc) is 2.77. The Morgan fingerprint density at radius 2 is 2.05 bits per heavy atom. The topological polar surface area (TPSA) is 78.1 Å².